The molecule has 40 heavy (non-hydrogen) atoms. The van der Waals surface area contributed by atoms with E-state index in [4.69, 9.17) is 18.9 Å². The van der Waals surface area contributed by atoms with Crippen molar-refractivity contribution in [3.63, 3.8) is 0 Å². The lowest BCUT2D eigenvalue weighted by molar-refractivity contribution is -0.181. The van der Waals surface area contributed by atoms with Crippen LogP contribution >= 0.6 is 0 Å². The monoisotopic (exact) mass is 549 g/mol. The fourth-order valence-corrected chi connectivity index (χ4v) is 7.00. The first-order valence-electron chi connectivity index (χ1n) is 13.4. The van der Waals surface area contributed by atoms with Crippen LogP contribution in [0.2, 0.25) is 0 Å². The van der Waals surface area contributed by atoms with Gasteiger partial charge in [-0.1, -0.05) is 36.4 Å². The van der Waals surface area contributed by atoms with E-state index in [1.54, 1.807) is 42.5 Å². The third kappa shape index (κ3) is 3.73. The van der Waals surface area contributed by atoms with Gasteiger partial charge in [0.15, 0.2) is 23.7 Å². The van der Waals surface area contributed by atoms with E-state index in [9.17, 15) is 24.6 Å². The summed E-state index contributed by atoms with van der Waals surface area (Å²) in [6.07, 6.45) is -0.563. The Morgan fingerprint density at radius 2 is 1.85 bits per heavy atom. The SMILES string of the molecule is CC(=O)OC(C)C(=O)O[C@H](C(=O)OC1=CC[C@@]2(O)[C@H]3Cc4ccc(O)c5c4[C@@]2(CCN3C)[C@H]1O5)c1ccccc1. The molecular weight excluding hydrogens is 518 g/mol. The predicted molar refractivity (Wildman–Crippen MR) is 139 cm³/mol. The molecule has 2 aliphatic carbocycles. The van der Waals surface area contributed by atoms with Gasteiger partial charge in [-0.25, -0.2) is 9.59 Å². The zero-order valence-electron chi connectivity index (χ0n) is 22.5. The van der Waals surface area contributed by atoms with E-state index < -0.39 is 47.2 Å². The van der Waals surface area contributed by atoms with E-state index in [1.807, 2.05) is 13.1 Å². The van der Waals surface area contributed by atoms with Crippen molar-refractivity contribution in [1.29, 1.82) is 0 Å². The summed E-state index contributed by atoms with van der Waals surface area (Å²) in [6, 6.07) is 11.7. The van der Waals surface area contributed by atoms with Crippen LogP contribution in [0.5, 0.6) is 11.5 Å². The van der Waals surface area contributed by atoms with E-state index in [0.717, 1.165) is 11.1 Å². The Balaban J connectivity index is 1.35. The molecule has 1 spiro atoms. The normalized spacial score (nSPS) is 29.2. The summed E-state index contributed by atoms with van der Waals surface area (Å²) in [5.74, 6) is -1.99. The number of esters is 3. The van der Waals surface area contributed by atoms with Crippen molar-refractivity contribution in [1.82, 2.24) is 4.90 Å². The number of aliphatic hydroxyl groups is 1. The van der Waals surface area contributed by atoms with Gasteiger partial charge < -0.3 is 34.1 Å². The number of hydrogen-bond acceptors (Lipinski definition) is 10. The molecule has 1 fully saturated rings. The molecule has 0 saturated carbocycles. The van der Waals surface area contributed by atoms with Gasteiger partial charge in [-0.2, -0.15) is 0 Å². The number of rotatable bonds is 6. The highest BCUT2D eigenvalue weighted by atomic mass is 16.6. The Morgan fingerprint density at radius 3 is 2.58 bits per heavy atom. The minimum Gasteiger partial charge on any atom is -0.504 e. The second-order valence-electron chi connectivity index (χ2n) is 11.0. The number of phenolic OH excluding ortho intramolecular Hbond substituents is 1. The Hall–Kier alpha value is -3.89. The van der Waals surface area contributed by atoms with Gasteiger partial charge in [-0.3, -0.25) is 4.79 Å². The van der Waals surface area contributed by atoms with Crippen LogP contribution in [-0.2, 0) is 40.4 Å². The molecule has 6 atom stereocenters. The molecule has 1 saturated heterocycles. The molecule has 4 aliphatic rings. The number of carbonyl (C=O) groups excluding carboxylic acids is 3. The van der Waals surface area contributed by atoms with Crippen LogP contribution in [0.1, 0.15) is 49.5 Å². The maximum absolute atomic E-state index is 13.7. The molecule has 0 radical (unpaired) electrons. The Labute approximate surface area is 231 Å². The highest BCUT2D eigenvalue weighted by molar-refractivity contribution is 5.84. The standard InChI is InChI=1S/C30H31NO9/c1-16(37-17(2)32)27(34)40-24(18-7-5-4-6-8-18)28(35)38-21-11-12-30(36)22-15-19-9-10-20(33)25-23(19)29(30,26(21)39-25)13-14-31(22)3/h4-11,16,22,24,26,33,36H,12-15H2,1-3H3/t16?,22-,24+,26+,29+,30-/m1/s1. The second-order valence-corrected chi connectivity index (χ2v) is 11.0. The van der Waals surface area contributed by atoms with Crippen LogP contribution < -0.4 is 4.74 Å². The molecule has 2 N–H and O–H groups in total. The number of carbonyl (C=O) groups is 3. The quantitative estimate of drug-likeness (QED) is 0.409. The maximum atomic E-state index is 13.7. The molecule has 210 valence electrons. The lowest BCUT2D eigenvalue weighted by Gasteiger charge is -2.61. The minimum absolute atomic E-state index is 0.0384. The Morgan fingerprint density at radius 1 is 1.10 bits per heavy atom. The van der Waals surface area contributed by atoms with E-state index in [0.29, 0.717) is 30.7 Å². The molecule has 2 aliphatic heterocycles. The molecule has 10 heteroatoms. The molecule has 2 aromatic carbocycles. The van der Waals surface area contributed by atoms with Gasteiger partial charge >= 0.3 is 17.9 Å². The second kappa shape index (κ2) is 9.35. The van der Waals surface area contributed by atoms with Gasteiger partial charge in [0.1, 0.15) is 5.76 Å². The average molecular weight is 550 g/mol. The largest absolute Gasteiger partial charge is 0.504 e. The van der Waals surface area contributed by atoms with Crippen LogP contribution in [0.4, 0.5) is 0 Å². The van der Waals surface area contributed by atoms with Crippen molar-refractivity contribution in [2.75, 3.05) is 13.6 Å². The first-order chi connectivity index (χ1) is 19.1. The minimum atomic E-state index is -1.45. The van der Waals surface area contributed by atoms with Gasteiger partial charge in [0, 0.05) is 30.5 Å². The van der Waals surface area contributed by atoms with Gasteiger partial charge in [0.2, 0.25) is 6.10 Å². The molecule has 0 amide bonds. The maximum Gasteiger partial charge on any atom is 0.357 e. The van der Waals surface area contributed by atoms with Crippen molar-refractivity contribution in [2.45, 2.75) is 68.5 Å². The zero-order chi connectivity index (χ0) is 28.4. The first-order valence-corrected chi connectivity index (χ1v) is 13.4. The van der Waals surface area contributed by atoms with Gasteiger partial charge in [0.05, 0.1) is 11.0 Å². The third-order valence-corrected chi connectivity index (χ3v) is 8.80. The number of nitrogens with zero attached hydrogens (tertiary/aromatic N) is 1. The Kier molecular flexibility index (Phi) is 6.15. The number of likely N-dealkylation sites (tertiary alicyclic amines) is 1. The number of likely N-dealkylation sites (N-methyl/N-ethyl adjacent to an activating group) is 1. The zero-order valence-corrected chi connectivity index (χ0v) is 22.5. The van der Waals surface area contributed by atoms with E-state index in [-0.39, 0.29) is 24.0 Å². The van der Waals surface area contributed by atoms with Crippen LogP contribution in [-0.4, -0.2) is 70.5 Å². The van der Waals surface area contributed by atoms with E-state index in [2.05, 4.69) is 4.90 Å². The van der Waals surface area contributed by atoms with Crippen molar-refractivity contribution in [3.05, 3.63) is 71.0 Å². The van der Waals surface area contributed by atoms with Gasteiger partial charge in [-0.15, -0.1) is 0 Å². The van der Waals surface area contributed by atoms with Crippen molar-refractivity contribution < 1.29 is 43.5 Å². The first kappa shape index (κ1) is 26.3. The lowest BCUT2D eigenvalue weighted by Crippen LogP contribution is -2.74. The number of ether oxygens (including phenoxy) is 4. The molecule has 2 heterocycles. The topological polar surface area (TPSA) is 132 Å². The third-order valence-electron chi connectivity index (χ3n) is 8.80. The molecular formula is C30H31NO9. The highest BCUT2D eigenvalue weighted by Gasteiger charge is 2.72. The summed E-state index contributed by atoms with van der Waals surface area (Å²) in [5.41, 5.74) is -0.0162. The summed E-state index contributed by atoms with van der Waals surface area (Å²) in [6.45, 7) is 3.21. The number of phenols is 1. The smallest absolute Gasteiger partial charge is 0.357 e. The molecule has 2 aromatic rings. The van der Waals surface area contributed by atoms with Gasteiger partial charge in [0.25, 0.3) is 0 Å². The summed E-state index contributed by atoms with van der Waals surface area (Å²) < 4.78 is 22.7. The molecule has 2 bridgehead atoms. The summed E-state index contributed by atoms with van der Waals surface area (Å²) >= 11 is 0. The fraction of sp³-hybridized carbons (Fsp3) is 0.433. The number of benzene rings is 2. The van der Waals surface area contributed by atoms with Crippen LogP contribution in [0, 0.1) is 0 Å². The Bertz CT molecular complexity index is 1420. The molecule has 0 aromatic heterocycles. The fourth-order valence-electron chi connectivity index (χ4n) is 7.00. The van der Waals surface area contributed by atoms with E-state index >= 15 is 0 Å². The predicted octanol–water partition coefficient (Wildman–Crippen LogP) is 2.45. The average Bonchev–Trinajstić information content (AvgIpc) is 3.28. The van der Waals surface area contributed by atoms with Crippen molar-refractivity contribution in [3.8, 4) is 11.5 Å². The van der Waals surface area contributed by atoms with Crippen LogP contribution in [0.3, 0.4) is 0 Å². The van der Waals surface area contributed by atoms with Crippen molar-refractivity contribution >= 4 is 17.9 Å². The summed E-state index contributed by atoms with van der Waals surface area (Å²) in [7, 11) is 1.99. The lowest BCUT2D eigenvalue weighted by atomic mass is 9.50. The number of hydrogen-bond donors (Lipinski definition) is 2. The number of aromatic hydroxyl groups is 1. The van der Waals surface area contributed by atoms with E-state index in [1.165, 1.54) is 13.8 Å². The highest BCUT2D eigenvalue weighted by Crippen LogP contribution is 2.65. The van der Waals surface area contributed by atoms with Gasteiger partial charge in [-0.05, 0) is 51.1 Å². The molecule has 1 unspecified atom stereocenters. The molecule has 10 nitrogen and oxygen atoms in total. The van der Waals surface area contributed by atoms with Crippen LogP contribution in [0.15, 0.2) is 54.3 Å². The van der Waals surface area contributed by atoms with Crippen molar-refractivity contribution in [2.24, 2.45) is 0 Å². The summed E-state index contributed by atoms with van der Waals surface area (Å²) in [4.78, 5) is 39.9. The summed E-state index contributed by atoms with van der Waals surface area (Å²) in [5, 5.41) is 23.0. The number of piperidine rings is 1. The van der Waals surface area contributed by atoms with Crippen LogP contribution in [0.25, 0.3) is 0 Å². The molecule has 6 rings (SSSR count).